The first kappa shape index (κ1) is 14.7. The average molecular weight is 206 g/mol. The van der Waals surface area contributed by atoms with Crippen molar-refractivity contribution >= 4 is 16.5 Å². The van der Waals surface area contributed by atoms with Crippen LogP contribution in [0.4, 0.5) is 17.3 Å². The second-order valence-electron chi connectivity index (χ2n) is 3.64. The number of halogens is 4. The predicted octanol–water partition coefficient (Wildman–Crippen LogP) is 3.33. The Bertz CT molecular complexity index is 110. The highest BCUT2D eigenvalue weighted by Crippen LogP contribution is 2.25. The van der Waals surface area contributed by atoms with Crippen LogP contribution < -0.4 is 0 Å². The van der Waals surface area contributed by atoms with Crippen molar-refractivity contribution in [3.63, 3.8) is 0 Å². The van der Waals surface area contributed by atoms with Gasteiger partial charge in [-0.15, -0.1) is 0 Å². The maximum atomic E-state index is 9.75. The molecule has 0 N–H and O–H groups in total. The first-order valence-corrected chi connectivity index (χ1v) is 4.38. The molecule has 0 aromatic rings. The van der Waals surface area contributed by atoms with Gasteiger partial charge in [-0.3, -0.25) is 0 Å². The fraction of sp³-hybridized carbons (Fsp3) is 1.00. The number of hydrogen-bond acceptors (Lipinski definition) is 0. The van der Waals surface area contributed by atoms with Gasteiger partial charge in [0.2, 0.25) is 0 Å². The molecular formula is C6H16BF4P. The van der Waals surface area contributed by atoms with E-state index in [0.717, 1.165) is 5.92 Å². The molecule has 0 nitrogen and oxygen atoms in total. The number of rotatable bonds is 1. The summed E-state index contributed by atoms with van der Waals surface area (Å²) in [7, 11) is -3.93. The van der Waals surface area contributed by atoms with Crippen molar-refractivity contribution in [1.29, 1.82) is 0 Å². The van der Waals surface area contributed by atoms with Crippen molar-refractivity contribution in [3.8, 4) is 0 Å². The minimum atomic E-state index is -6.00. The summed E-state index contributed by atoms with van der Waals surface area (Å²) in [4.78, 5) is 0. The third-order valence-electron chi connectivity index (χ3n) is 1.56. The smallest absolute Gasteiger partial charge is 0.418 e. The molecule has 76 valence electrons. The van der Waals surface area contributed by atoms with Crippen LogP contribution in [-0.2, 0) is 0 Å². The first-order chi connectivity index (χ1) is 4.94. The molecule has 0 saturated carbocycles. The molecule has 12 heavy (non-hydrogen) atoms. The van der Waals surface area contributed by atoms with E-state index in [4.69, 9.17) is 0 Å². The molecule has 1 unspecified atom stereocenters. The zero-order valence-electron chi connectivity index (χ0n) is 7.87. The van der Waals surface area contributed by atoms with Crippen LogP contribution in [0.15, 0.2) is 0 Å². The Morgan fingerprint density at radius 2 is 1.17 bits per heavy atom. The van der Waals surface area contributed by atoms with Crippen molar-refractivity contribution in [3.05, 3.63) is 0 Å². The third kappa shape index (κ3) is 22.5. The summed E-state index contributed by atoms with van der Waals surface area (Å²) in [5.41, 5.74) is 0. The summed E-state index contributed by atoms with van der Waals surface area (Å²) in [5.74, 6) is 0.811. The Balaban J connectivity index is 0. The van der Waals surface area contributed by atoms with Gasteiger partial charge >= 0.3 is 7.25 Å². The second kappa shape index (κ2) is 5.06. The van der Waals surface area contributed by atoms with Crippen LogP contribution >= 0.6 is 9.24 Å². The summed E-state index contributed by atoms with van der Waals surface area (Å²) >= 11 is 0. The van der Waals surface area contributed by atoms with Crippen LogP contribution in [0.2, 0.25) is 0 Å². The molecule has 6 heteroatoms. The lowest BCUT2D eigenvalue weighted by atomic mass is 10.00. The zero-order valence-corrected chi connectivity index (χ0v) is 9.29. The molecule has 0 rings (SSSR count). The zero-order chi connectivity index (χ0) is 10.6. The third-order valence-corrected chi connectivity index (χ3v) is 2.38. The fourth-order valence-corrected chi connectivity index (χ4v) is 0. The molecular weight excluding hydrogens is 190 g/mol. The topological polar surface area (TPSA) is 0 Å². The van der Waals surface area contributed by atoms with Gasteiger partial charge in [0.1, 0.15) is 0 Å². The van der Waals surface area contributed by atoms with Crippen LogP contribution in [0.1, 0.15) is 27.7 Å². The van der Waals surface area contributed by atoms with E-state index in [1.54, 1.807) is 0 Å². The Hall–Kier alpha value is 0.215. The molecule has 0 amide bonds. The molecule has 0 radical (unpaired) electrons. The van der Waals surface area contributed by atoms with E-state index in [9.17, 15) is 17.3 Å². The van der Waals surface area contributed by atoms with Crippen LogP contribution in [0.25, 0.3) is 0 Å². The van der Waals surface area contributed by atoms with Crippen LogP contribution in [0.3, 0.4) is 0 Å². The minimum absolute atomic E-state index is 0.528. The fourth-order valence-electron chi connectivity index (χ4n) is 0. The Morgan fingerprint density at radius 3 is 1.17 bits per heavy atom. The Labute approximate surface area is 73.4 Å². The first-order valence-electron chi connectivity index (χ1n) is 3.67. The highest BCUT2D eigenvalue weighted by molar-refractivity contribution is 7.18. The van der Waals surface area contributed by atoms with E-state index in [1.165, 1.54) is 0 Å². The summed E-state index contributed by atoms with van der Waals surface area (Å²) in [6, 6.07) is 0. The van der Waals surface area contributed by atoms with Gasteiger partial charge in [0.05, 0.1) is 5.16 Å². The van der Waals surface area contributed by atoms with E-state index in [-0.39, 0.29) is 0 Å². The van der Waals surface area contributed by atoms with Gasteiger partial charge in [0, 0.05) is 0 Å². The van der Waals surface area contributed by atoms with E-state index < -0.39 is 7.25 Å². The average Bonchev–Trinajstić information content (AvgIpc) is 1.55. The molecule has 0 aliphatic rings. The van der Waals surface area contributed by atoms with Gasteiger partial charge in [-0.25, -0.2) is 0 Å². The van der Waals surface area contributed by atoms with Crippen molar-refractivity contribution in [2.75, 3.05) is 0 Å². The molecule has 0 aromatic carbocycles. The van der Waals surface area contributed by atoms with Crippen molar-refractivity contribution < 1.29 is 17.3 Å². The van der Waals surface area contributed by atoms with Gasteiger partial charge in [-0.05, 0) is 29.0 Å². The minimum Gasteiger partial charge on any atom is -0.418 e. The summed E-state index contributed by atoms with van der Waals surface area (Å²) in [6.07, 6.45) is 0. The van der Waals surface area contributed by atoms with Gasteiger partial charge in [0.25, 0.3) is 0 Å². The van der Waals surface area contributed by atoms with Crippen molar-refractivity contribution in [1.82, 2.24) is 0 Å². The van der Waals surface area contributed by atoms with Gasteiger partial charge in [0.15, 0.2) is 0 Å². The maximum Gasteiger partial charge on any atom is 0.673 e. The van der Waals surface area contributed by atoms with E-state index in [2.05, 4.69) is 36.9 Å². The molecule has 0 saturated heterocycles. The second-order valence-corrected chi connectivity index (χ2v) is 5.46. The quantitative estimate of drug-likeness (QED) is 0.350. The van der Waals surface area contributed by atoms with Gasteiger partial charge in [-0.1, -0.05) is 13.8 Å². The molecule has 0 spiro atoms. The maximum absolute atomic E-state index is 9.75. The highest BCUT2D eigenvalue weighted by atomic mass is 31.0. The molecule has 1 atom stereocenters. The molecule has 0 aromatic heterocycles. The van der Waals surface area contributed by atoms with Crippen LogP contribution in [0.5, 0.6) is 0 Å². The van der Waals surface area contributed by atoms with Gasteiger partial charge in [-0.2, -0.15) is 0 Å². The highest BCUT2D eigenvalue weighted by Gasteiger charge is 2.20. The summed E-state index contributed by atoms with van der Waals surface area (Å²) in [6.45, 7) is 9.06. The monoisotopic (exact) mass is 206 g/mol. The lowest BCUT2D eigenvalue weighted by Gasteiger charge is -2.16. The lowest BCUT2D eigenvalue weighted by molar-refractivity contribution is 0.368. The normalized spacial score (nSPS) is 12.8. The Kier molecular flexibility index (Phi) is 6.20. The lowest BCUT2D eigenvalue weighted by Crippen LogP contribution is -2.17. The molecule has 0 fully saturated rings. The standard InChI is InChI=1S/C6H15P.BF4/c1-5(2)6(3,4)7;2-1(3,4)5/h5H,7H2,1-4H3;/q;-1/p+1. The summed E-state index contributed by atoms with van der Waals surface area (Å²) in [5, 5.41) is 0.528. The molecule has 0 aliphatic heterocycles. The SMILES string of the molecule is CC(C)C(C)(C)[PH3+].F[B-](F)(F)F. The van der Waals surface area contributed by atoms with Crippen molar-refractivity contribution in [2.24, 2.45) is 5.92 Å². The largest absolute Gasteiger partial charge is 0.673 e. The van der Waals surface area contributed by atoms with E-state index in [0.29, 0.717) is 5.16 Å². The van der Waals surface area contributed by atoms with E-state index >= 15 is 0 Å². The number of hydrogen-bond donors (Lipinski definition) is 0. The molecule has 0 aliphatic carbocycles. The molecule has 0 heterocycles. The van der Waals surface area contributed by atoms with E-state index in [1.807, 2.05) is 0 Å². The van der Waals surface area contributed by atoms with Crippen LogP contribution in [0, 0.1) is 5.92 Å². The summed E-state index contributed by atoms with van der Waals surface area (Å²) < 4.78 is 39.0. The van der Waals surface area contributed by atoms with Crippen molar-refractivity contribution in [2.45, 2.75) is 32.9 Å². The Morgan fingerprint density at radius 1 is 1.08 bits per heavy atom. The predicted molar refractivity (Wildman–Crippen MR) is 50.2 cm³/mol. The van der Waals surface area contributed by atoms with Crippen LogP contribution in [-0.4, -0.2) is 12.4 Å². The molecule has 0 bridgehead atoms. The van der Waals surface area contributed by atoms with Gasteiger partial charge < -0.3 is 17.3 Å².